The number of esters is 3. The van der Waals surface area contributed by atoms with E-state index >= 15 is 0 Å². The molecular formula is C67H124O6. The van der Waals surface area contributed by atoms with E-state index in [4.69, 9.17) is 14.2 Å². The van der Waals surface area contributed by atoms with Crippen molar-refractivity contribution >= 4 is 17.9 Å². The maximum atomic E-state index is 12.9. The van der Waals surface area contributed by atoms with Gasteiger partial charge in [0.25, 0.3) is 0 Å². The molecule has 0 rings (SSSR count). The maximum Gasteiger partial charge on any atom is 0.306 e. The third-order valence-corrected chi connectivity index (χ3v) is 14.6. The normalized spacial score (nSPS) is 12.2. The lowest BCUT2D eigenvalue weighted by molar-refractivity contribution is -0.167. The zero-order chi connectivity index (χ0) is 52.9. The highest BCUT2D eigenvalue weighted by Crippen LogP contribution is 2.17. The molecule has 1 atom stereocenters. The molecule has 0 spiro atoms. The van der Waals surface area contributed by atoms with Gasteiger partial charge in [-0.1, -0.05) is 295 Å². The summed E-state index contributed by atoms with van der Waals surface area (Å²) in [6.45, 7) is 6.68. The van der Waals surface area contributed by atoms with E-state index in [9.17, 15) is 14.4 Å². The quantitative estimate of drug-likeness (QED) is 0.0261. The van der Waals surface area contributed by atoms with E-state index in [2.05, 4.69) is 57.2 Å². The van der Waals surface area contributed by atoms with Gasteiger partial charge in [-0.15, -0.1) is 0 Å². The van der Waals surface area contributed by atoms with Gasteiger partial charge in [0.1, 0.15) is 13.2 Å². The third-order valence-electron chi connectivity index (χ3n) is 14.6. The molecule has 0 aliphatic rings. The number of unbranched alkanes of at least 4 members (excludes halogenated alkanes) is 43. The fourth-order valence-electron chi connectivity index (χ4n) is 9.71. The van der Waals surface area contributed by atoms with Crippen molar-refractivity contribution in [3.8, 4) is 0 Å². The van der Waals surface area contributed by atoms with E-state index in [-0.39, 0.29) is 31.1 Å². The highest BCUT2D eigenvalue weighted by atomic mass is 16.6. The number of rotatable bonds is 60. The van der Waals surface area contributed by atoms with E-state index in [1.165, 1.54) is 250 Å². The SMILES string of the molecule is CCCCCCC/C=C\C/C=C\CCCCCCCCCCCCCC(=O)OCC(COC(=O)CCCCCCCCCCCCCCCCC)OC(=O)CCCCCCCCC/C=C\CCCCCCCC. The summed E-state index contributed by atoms with van der Waals surface area (Å²) in [6, 6.07) is 0. The van der Waals surface area contributed by atoms with Gasteiger partial charge in [0.2, 0.25) is 0 Å². The first-order chi connectivity index (χ1) is 36.0. The molecule has 0 aromatic carbocycles. The Labute approximate surface area is 455 Å². The number of hydrogen-bond acceptors (Lipinski definition) is 6. The van der Waals surface area contributed by atoms with Crippen LogP contribution in [0.15, 0.2) is 36.5 Å². The smallest absolute Gasteiger partial charge is 0.306 e. The maximum absolute atomic E-state index is 12.9. The van der Waals surface area contributed by atoms with Crippen LogP contribution < -0.4 is 0 Å². The fourth-order valence-corrected chi connectivity index (χ4v) is 9.71. The molecule has 0 aromatic heterocycles. The van der Waals surface area contributed by atoms with Gasteiger partial charge in [0.05, 0.1) is 0 Å². The largest absolute Gasteiger partial charge is 0.462 e. The van der Waals surface area contributed by atoms with Gasteiger partial charge in [-0.3, -0.25) is 14.4 Å². The molecule has 0 saturated heterocycles. The Bertz CT molecular complexity index is 1220. The van der Waals surface area contributed by atoms with Gasteiger partial charge < -0.3 is 14.2 Å². The molecule has 0 saturated carbocycles. The Hall–Kier alpha value is -2.37. The minimum Gasteiger partial charge on any atom is -0.462 e. The molecule has 1 unspecified atom stereocenters. The Kier molecular flexibility index (Phi) is 60.2. The van der Waals surface area contributed by atoms with Crippen LogP contribution in [0.2, 0.25) is 0 Å². The molecule has 0 amide bonds. The molecule has 0 radical (unpaired) electrons. The zero-order valence-electron chi connectivity index (χ0n) is 49.2. The lowest BCUT2D eigenvalue weighted by Crippen LogP contribution is -2.30. The molecule has 0 fully saturated rings. The lowest BCUT2D eigenvalue weighted by Gasteiger charge is -2.18. The highest BCUT2D eigenvalue weighted by molar-refractivity contribution is 5.71. The fraction of sp³-hybridized carbons (Fsp3) is 0.866. The van der Waals surface area contributed by atoms with E-state index in [1.54, 1.807) is 0 Å². The van der Waals surface area contributed by atoms with Crippen molar-refractivity contribution < 1.29 is 28.6 Å². The van der Waals surface area contributed by atoms with Crippen LogP contribution in [0.1, 0.15) is 355 Å². The summed E-state index contributed by atoms with van der Waals surface area (Å²) in [4.78, 5) is 38.3. The van der Waals surface area contributed by atoms with E-state index in [0.29, 0.717) is 19.3 Å². The predicted molar refractivity (Wildman–Crippen MR) is 316 cm³/mol. The summed E-state index contributed by atoms with van der Waals surface area (Å²) in [5, 5.41) is 0. The average Bonchev–Trinajstić information content (AvgIpc) is 3.39. The average molecular weight is 1030 g/mol. The molecular weight excluding hydrogens is 901 g/mol. The molecule has 73 heavy (non-hydrogen) atoms. The standard InChI is InChI=1S/C67H124O6/c1-4-7-10-13-16-19-22-25-28-30-31-32-33-34-35-37-39-42-45-48-51-54-57-60-66(69)72-63-64(62-71-65(68)59-56-53-50-47-44-41-38-27-24-21-18-15-12-9-6-3)73-67(70)61-58-55-52-49-46-43-40-36-29-26-23-20-17-14-11-8-5-2/h22,25-26,29-31,64H,4-21,23-24,27-28,32-63H2,1-3H3/b25-22-,29-26-,31-30-. The minimum atomic E-state index is -0.773. The Morgan fingerprint density at radius 2 is 0.493 bits per heavy atom. The van der Waals surface area contributed by atoms with Crippen molar-refractivity contribution in [1.29, 1.82) is 0 Å². The van der Waals surface area contributed by atoms with Gasteiger partial charge in [0.15, 0.2) is 6.10 Å². The van der Waals surface area contributed by atoms with Crippen LogP contribution in [0.5, 0.6) is 0 Å². The Morgan fingerprint density at radius 3 is 0.767 bits per heavy atom. The van der Waals surface area contributed by atoms with Crippen molar-refractivity contribution in [3.05, 3.63) is 36.5 Å². The van der Waals surface area contributed by atoms with Crippen LogP contribution in [0.4, 0.5) is 0 Å². The van der Waals surface area contributed by atoms with Gasteiger partial charge in [-0.2, -0.15) is 0 Å². The van der Waals surface area contributed by atoms with E-state index in [1.807, 2.05) is 0 Å². The molecule has 0 heterocycles. The van der Waals surface area contributed by atoms with Gasteiger partial charge in [-0.25, -0.2) is 0 Å². The van der Waals surface area contributed by atoms with Crippen LogP contribution in [0, 0.1) is 0 Å². The van der Waals surface area contributed by atoms with Crippen molar-refractivity contribution in [3.63, 3.8) is 0 Å². The van der Waals surface area contributed by atoms with Gasteiger partial charge in [-0.05, 0) is 77.0 Å². The minimum absolute atomic E-state index is 0.0698. The van der Waals surface area contributed by atoms with E-state index < -0.39 is 6.10 Å². The monoisotopic (exact) mass is 1020 g/mol. The summed E-state index contributed by atoms with van der Waals surface area (Å²) in [6.07, 6.45) is 75.7. The lowest BCUT2D eigenvalue weighted by atomic mass is 10.0. The van der Waals surface area contributed by atoms with Crippen LogP contribution >= 0.6 is 0 Å². The number of carbonyl (C=O) groups excluding carboxylic acids is 3. The predicted octanol–water partition coefficient (Wildman–Crippen LogP) is 22.0. The summed E-state index contributed by atoms with van der Waals surface area (Å²) in [7, 11) is 0. The summed E-state index contributed by atoms with van der Waals surface area (Å²) >= 11 is 0. The first-order valence-corrected chi connectivity index (χ1v) is 32.5. The second-order valence-electron chi connectivity index (χ2n) is 22.0. The van der Waals surface area contributed by atoms with Crippen LogP contribution in [-0.4, -0.2) is 37.2 Å². The first-order valence-electron chi connectivity index (χ1n) is 32.5. The Morgan fingerprint density at radius 1 is 0.274 bits per heavy atom. The van der Waals surface area contributed by atoms with Crippen molar-refractivity contribution in [2.24, 2.45) is 0 Å². The van der Waals surface area contributed by atoms with E-state index in [0.717, 1.165) is 64.2 Å². The second-order valence-corrected chi connectivity index (χ2v) is 22.0. The summed E-state index contributed by atoms with van der Waals surface area (Å²) in [5.74, 6) is -0.852. The Balaban J connectivity index is 4.30. The number of carbonyl (C=O) groups is 3. The zero-order valence-corrected chi connectivity index (χ0v) is 49.2. The summed E-state index contributed by atoms with van der Waals surface area (Å²) < 4.78 is 17.0. The molecule has 6 heteroatoms. The summed E-state index contributed by atoms with van der Waals surface area (Å²) in [5.41, 5.74) is 0. The molecule has 0 bridgehead atoms. The van der Waals surface area contributed by atoms with Gasteiger partial charge >= 0.3 is 17.9 Å². The second kappa shape index (κ2) is 62.2. The van der Waals surface area contributed by atoms with Crippen LogP contribution in [0.25, 0.3) is 0 Å². The molecule has 0 aromatic rings. The molecule has 6 nitrogen and oxygen atoms in total. The first kappa shape index (κ1) is 70.6. The van der Waals surface area contributed by atoms with Crippen LogP contribution in [0.3, 0.4) is 0 Å². The number of hydrogen-bond donors (Lipinski definition) is 0. The van der Waals surface area contributed by atoms with Crippen molar-refractivity contribution in [2.75, 3.05) is 13.2 Å². The number of allylic oxidation sites excluding steroid dienone is 6. The van der Waals surface area contributed by atoms with Crippen molar-refractivity contribution in [2.45, 2.75) is 361 Å². The van der Waals surface area contributed by atoms with Crippen molar-refractivity contribution in [1.82, 2.24) is 0 Å². The molecule has 428 valence electrons. The number of ether oxygens (including phenoxy) is 3. The van der Waals surface area contributed by atoms with Crippen LogP contribution in [-0.2, 0) is 28.6 Å². The molecule has 0 aliphatic heterocycles. The topological polar surface area (TPSA) is 78.9 Å². The molecule has 0 aliphatic carbocycles. The third kappa shape index (κ3) is 60.4. The highest BCUT2D eigenvalue weighted by Gasteiger charge is 2.19. The van der Waals surface area contributed by atoms with Gasteiger partial charge in [0, 0.05) is 19.3 Å². The molecule has 0 N–H and O–H groups in total.